The molecular weight excluding hydrogens is 186 g/mol. The van der Waals surface area contributed by atoms with E-state index in [0.717, 1.165) is 18.5 Å². The molecule has 0 saturated heterocycles. The molecule has 3 nitrogen and oxygen atoms in total. The van der Waals surface area contributed by atoms with E-state index in [1.165, 1.54) is 5.69 Å². The molecule has 0 fully saturated rings. The molecule has 0 aliphatic carbocycles. The molecule has 1 aromatic rings. The van der Waals surface area contributed by atoms with Gasteiger partial charge in [-0.25, -0.2) is 0 Å². The highest BCUT2D eigenvalue weighted by Crippen LogP contribution is 2.16. The predicted octanol–water partition coefficient (Wildman–Crippen LogP) is 1.82. The first-order valence-electron chi connectivity index (χ1n) is 5.36. The molecule has 0 bridgehead atoms. The van der Waals surface area contributed by atoms with E-state index in [0.29, 0.717) is 0 Å². The highest BCUT2D eigenvalue weighted by Gasteiger charge is 2.17. The number of aromatic nitrogens is 1. The quantitative estimate of drug-likeness (QED) is 0.819. The fourth-order valence-corrected chi connectivity index (χ4v) is 1.38. The number of anilines is 1. The van der Waals surface area contributed by atoms with Gasteiger partial charge in [0.1, 0.15) is 0 Å². The Morgan fingerprint density at radius 2 is 2.13 bits per heavy atom. The van der Waals surface area contributed by atoms with E-state index in [2.05, 4.69) is 29.8 Å². The third-order valence-corrected chi connectivity index (χ3v) is 2.71. The molecule has 84 valence electrons. The molecule has 1 atom stereocenters. The monoisotopic (exact) mass is 207 g/mol. The summed E-state index contributed by atoms with van der Waals surface area (Å²) in [5.41, 5.74) is 8.20. The fourth-order valence-electron chi connectivity index (χ4n) is 1.38. The van der Waals surface area contributed by atoms with Crippen LogP contribution < -0.4 is 10.6 Å². The Balaban J connectivity index is 2.82. The maximum atomic E-state index is 6.12. The molecule has 0 radical (unpaired) electrons. The van der Waals surface area contributed by atoms with Gasteiger partial charge in [-0.2, -0.15) is 0 Å². The number of nitrogens with zero attached hydrogens (tertiary/aromatic N) is 2. The Bertz CT molecular complexity index is 318. The van der Waals surface area contributed by atoms with E-state index in [-0.39, 0.29) is 5.54 Å². The predicted molar refractivity (Wildman–Crippen MR) is 65.2 cm³/mol. The normalized spacial score (nSPS) is 14.7. The Hall–Kier alpha value is -1.09. The molecule has 2 N–H and O–H groups in total. The maximum absolute atomic E-state index is 6.12. The lowest BCUT2D eigenvalue weighted by Gasteiger charge is -2.22. The van der Waals surface area contributed by atoms with E-state index < -0.39 is 0 Å². The molecule has 0 aromatic carbocycles. The van der Waals surface area contributed by atoms with Gasteiger partial charge in [0.15, 0.2) is 0 Å². The molecule has 0 saturated carbocycles. The van der Waals surface area contributed by atoms with Crippen LogP contribution in [0, 0.1) is 0 Å². The largest absolute Gasteiger partial charge is 0.378 e. The molecule has 1 heterocycles. The summed E-state index contributed by atoms with van der Waals surface area (Å²) in [7, 11) is 4.06. The summed E-state index contributed by atoms with van der Waals surface area (Å²) in [4.78, 5) is 6.42. The van der Waals surface area contributed by atoms with Crippen LogP contribution in [-0.2, 0) is 6.42 Å². The van der Waals surface area contributed by atoms with Crippen LogP contribution in [0.1, 0.15) is 26.0 Å². The zero-order valence-electron chi connectivity index (χ0n) is 10.1. The lowest BCUT2D eigenvalue weighted by Crippen LogP contribution is -2.37. The third kappa shape index (κ3) is 3.51. The van der Waals surface area contributed by atoms with Crippen LogP contribution in [0.3, 0.4) is 0 Å². The van der Waals surface area contributed by atoms with Crippen molar-refractivity contribution in [3.8, 4) is 0 Å². The maximum Gasteiger partial charge on any atom is 0.0442 e. The van der Waals surface area contributed by atoms with E-state index in [4.69, 9.17) is 5.73 Å². The highest BCUT2D eigenvalue weighted by atomic mass is 15.1. The van der Waals surface area contributed by atoms with Crippen LogP contribution in [-0.4, -0.2) is 24.6 Å². The zero-order valence-corrected chi connectivity index (χ0v) is 10.1. The molecule has 1 unspecified atom stereocenters. The Labute approximate surface area is 92.3 Å². The minimum absolute atomic E-state index is 0.155. The number of rotatable bonds is 4. The lowest BCUT2D eigenvalue weighted by atomic mass is 9.94. The van der Waals surface area contributed by atoms with Gasteiger partial charge in [-0.05, 0) is 25.5 Å². The summed E-state index contributed by atoms with van der Waals surface area (Å²) < 4.78 is 0. The minimum atomic E-state index is -0.155. The van der Waals surface area contributed by atoms with Gasteiger partial charge in [-0.15, -0.1) is 0 Å². The first kappa shape index (κ1) is 12.0. The minimum Gasteiger partial charge on any atom is -0.378 e. The summed E-state index contributed by atoms with van der Waals surface area (Å²) in [5.74, 6) is 0. The summed E-state index contributed by atoms with van der Waals surface area (Å²) >= 11 is 0. The molecule has 0 amide bonds. The van der Waals surface area contributed by atoms with Crippen molar-refractivity contribution in [2.75, 3.05) is 19.0 Å². The number of hydrogen-bond acceptors (Lipinski definition) is 3. The van der Waals surface area contributed by atoms with Crippen LogP contribution in [0.15, 0.2) is 18.3 Å². The second kappa shape index (κ2) is 4.62. The molecule has 0 spiro atoms. The van der Waals surface area contributed by atoms with Crippen molar-refractivity contribution in [1.82, 2.24) is 4.98 Å². The molecular formula is C12H21N3. The van der Waals surface area contributed by atoms with Gasteiger partial charge in [0, 0.05) is 43.6 Å². The van der Waals surface area contributed by atoms with Gasteiger partial charge in [-0.1, -0.05) is 6.92 Å². The summed E-state index contributed by atoms with van der Waals surface area (Å²) in [6.07, 6.45) is 3.63. The first-order chi connectivity index (χ1) is 6.94. The van der Waals surface area contributed by atoms with Crippen LogP contribution in [0.2, 0.25) is 0 Å². The Kier molecular flexibility index (Phi) is 3.69. The van der Waals surface area contributed by atoms with Crippen LogP contribution >= 0.6 is 0 Å². The lowest BCUT2D eigenvalue weighted by molar-refractivity contribution is 0.445. The van der Waals surface area contributed by atoms with Gasteiger partial charge in [0.25, 0.3) is 0 Å². The van der Waals surface area contributed by atoms with E-state index in [1.54, 1.807) is 0 Å². The van der Waals surface area contributed by atoms with Crippen molar-refractivity contribution in [2.45, 2.75) is 32.2 Å². The van der Waals surface area contributed by atoms with Crippen molar-refractivity contribution < 1.29 is 0 Å². The van der Waals surface area contributed by atoms with Crippen molar-refractivity contribution in [3.05, 3.63) is 24.0 Å². The van der Waals surface area contributed by atoms with E-state index in [9.17, 15) is 0 Å². The van der Waals surface area contributed by atoms with E-state index >= 15 is 0 Å². The highest BCUT2D eigenvalue weighted by molar-refractivity contribution is 5.44. The molecule has 0 aliphatic heterocycles. The number of hydrogen-bond donors (Lipinski definition) is 1. The van der Waals surface area contributed by atoms with Crippen molar-refractivity contribution in [2.24, 2.45) is 5.73 Å². The summed E-state index contributed by atoms with van der Waals surface area (Å²) in [5, 5.41) is 0. The average Bonchev–Trinajstić information content (AvgIpc) is 2.17. The van der Waals surface area contributed by atoms with Crippen molar-refractivity contribution >= 4 is 5.69 Å². The van der Waals surface area contributed by atoms with Crippen LogP contribution in [0.4, 0.5) is 5.69 Å². The second-order valence-corrected chi connectivity index (χ2v) is 4.58. The molecule has 3 heteroatoms. The van der Waals surface area contributed by atoms with Gasteiger partial charge in [0.05, 0.1) is 0 Å². The van der Waals surface area contributed by atoms with Crippen LogP contribution in [0.5, 0.6) is 0 Å². The smallest absolute Gasteiger partial charge is 0.0442 e. The van der Waals surface area contributed by atoms with Gasteiger partial charge in [-0.3, -0.25) is 4.98 Å². The fraction of sp³-hybridized carbons (Fsp3) is 0.583. The molecule has 1 rings (SSSR count). The standard InChI is InChI=1S/C12H21N3/c1-5-12(2,13)9-10-8-11(15(3)4)6-7-14-10/h6-8H,5,9,13H2,1-4H3. The average molecular weight is 207 g/mol. The molecule has 1 aromatic heterocycles. The van der Waals surface area contributed by atoms with Crippen molar-refractivity contribution in [1.29, 1.82) is 0 Å². The summed E-state index contributed by atoms with van der Waals surface area (Å²) in [6, 6.07) is 4.10. The van der Waals surface area contributed by atoms with Crippen LogP contribution in [0.25, 0.3) is 0 Å². The van der Waals surface area contributed by atoms with Gasteiger partial charge >= 0.3 is 0 Å². The molecule has 15 heavy (non-hydrogen) atoms. The SMILES string of the molecule is CCC(C)(N)Cc1cc(N(C)C)ccn1. The number of nitrogens with two attached hydrogens (primary N) is 1. The summed E-state index contributed by atoms with van der Waals surface area (Å²) in [6.45, 7) is 4.17. The van der Waals surface area contributed by atoms with Gasteiger partial charge < -0.3 is 10.6 Å². The topological polar surface area (TPSA) is 42.1 Å². The first-order valence-corrected chi connectivity index (χ1v) is 5.36. The van der Waals surface area contributed by atoms with E-state index in [1.807, 2.05) is 26.4 Å². The third-order valence-electron chi connectivity index (χ3n) is 2.71. The van der Waals surface area contributed by atoms with Crippen molar-refractivity contribution in [3.63, 3.8) is 0 Å². The molecule has 0 aliphatic rings. The zero-order chi connectivity index (χ0) is 11.5. The second-order valence-electron chi connectivity index (χ2n) is 4.58. The van der Waals surface area contributed by atoms with Gasteiger partial charge in [0.2, 0.25) is 0 Å². The number of pyridine rings is 1. The Morgan fingerprint density at radius 1 is 1.47 bits per heavy atom. The Morgan fingerprint density at radius 3 is 2.67 bits per heavy atom.